The standard InChI is InChI=1S/C14H19N3O/c1-14(2)10-17(5-6-18-14)13-4-3-11(8-15)7-12(13)9-16/h3-4,7H,5-6,8,10,15H2,1-2H3. The van der Waals surface area contributed by atoms with Crippen molar-refractivity contribution in [2.45, 2.75) is 26.0 Å². The zero-order chi connectivity index (χ0) is 13.2. The van der Waals surface area contributed by atoms with E-state index in [4.69, 9.17) is 10.5 Å². The Morgan fingerprint density at radius 1 is 1.50 bits per heavy atom. The molecular weight excluding hydrogens is 226 g/mol. The molecular formula is C14H19N3O. The first kappa shape index (κ1) is 12.9. The first-order valence-corrected chi connectivity index (χ1v) is 6.18. The third-order valence-electron chi connectivity index (χ3n) is 3.18. The quantitative estimate of drug-likeness (QED) is 0.860. The number of hydrogen-bond acceptors (Lipinski definition) is 4. The Labute approximate surface area is 108 Å². The van der Waals surface area contributed by atoms with E-state index in [-0.39, 0.29) is 5.60 Å². The van der Waals surface area contributed by atoms with Crippen LogP contribution in [0.3, 0.4) is 0 Å². The highest BCUT2D eigenvalue weighted by Crippen LogP contribution is 2.26. The fourth-order valence-electron chi connectivity index (χ4n) is 2.30. The summed E-state index contributed by atoms with van der Waals surface area (Å²) >= 11 is 0. The first-order valence-electron chi connectivity index (χ1n) is 6.18. The summed E-state index contributed by atoms with van der Waals surface area (Å²) in [4.78, 5) is 2.21. The average molecular weight is 245 g/mol. The van der Waals surface area contributed by atoms with Gasteiger partial charge in [-0.15, -0.1) is 0 Å². The van der Waals surface area contributed by atoms with Gasteiger partial charge in [-0.05, 0) is 31.5 Å². The molecule has 0 bridgehead atoms. The van der Waals surface area contributed by atoms with Crippen LogP contribution in [0.1, 0.15) is 25.0 Å². The van der Waals surface area contributed by atoms with Gasteiger partial charge < -0.3 is 15.4 Å². The molecule has 1 aromatic carbocycles. The van der Waals surface area contributed by atoms with Gasteiger partial charge in [0.25, 0.3) is 0 Å². The van der Waals surface area contributed by atoms with Crippen LogP contribution in [0.4, 0.5) is 5.69 Å². The van der Waals surface area contributed by atoms with Crippen LogP contribution >= 0.6 is 0 Å². The highest BCUT2D eigenvalue weighted by molar-refractivity contribution is 5.61. The lowest BCUT2D eigenvalue weighted by atomic mass is 10.0. The number of morpholine rings is 1. The van der Waals surface area contributed by atoms with Gasteiger partial charge in [0.15, 0.2) is 0 Å². The van der Waals surface area contributed by atoms with Crippen LogP contribution in [0.2, 0.25) is 0 Å². The summed E-state index contributed by atoms with van der Waals surface area (Å²) in [5.74, 6) is 0. The smallest absolute Gasteiger partial charge is 0.101 e. The molecule has 0 aliphatic carbocycles. The number of rotatable bonds is 2. The van der Waals surface area contributed by atoms with Crippen molar-refractivity contribution in [2.24, 2.45) is 5.73 Å². The van der Waals surface area contributed by atoms with Crippen LogP contribution in [-0.4, -0.2) is 25.3 Å². The third-order valence-corrected chi connectivity index (χ3v) is 3.18. The van der Waals surface area contributed by atoms with Gasteiger partial charge in [-0.3, -0.25) is 0 Å². The van der Waals surface area contributed by atoms with Gasteiger partial charge in [0.2, 0.25) is 0 Å². The van der Waals surface area contributed by atoms with Gasteiger partial charge in [0.1, 0.15) is 6.07 Å². The van der Waals surface area contributed by atoms with E-state index < -0.39 is 0 Å². The van der Waals surface area contributed by atoms with Gasteiger partial charge >= 0.3 is 0 Å². The van der Waals surface area contributed by atoms with Gasteiger partial charge in [0, 0.05) is 19.6 Å². The van der Waals surface area contributed by atoms with Crippen molar-refractivity contribution in [3.8, 4) is 6.07 Å². The molecule has 1 fully saturated rings. The Bertz CT molecular complexity index is 476. The molecule has 18 heavy (non-hydrogen) atoms. The largest absolute Gasteiger partial charge is 0.372 e. The highest BCUT2D eigenvalue weighted by Gasteiger charge is 2.28. The zero-order valence-corrected chi connectivity index (χ0v) is 10.9. The SMILES string of the molecule is CC1(C)CN(c2ccc(CN)cc2C#N)CCO1. The monoisotopic (exact) mass is 245 g/mol. The number of nitriles is 1. The average Bonchev–Trinajstić information content (AvgIpc) is 2.36. The fraction of sp³-hybridized carbons (Fsp3) is 0.500. The number of ether oxygens (including phenoxy) is 1. The van der Waals surface area contributed by atoms with Crippen LogP contribution in [0, 0.1) is 11.3 Å². The number of anilines is 1. The maximum Gasteiger partial charge on any atom is 0.101 e. The second kappa shape index (κ2) is 4.97. The van der Waals surface area contributed by atoms with E-state index in [1.54, 1.807) is 0 Å². The molecule has 2 N–H and O–H groups in total. The molecule has 1 saturated heterocycles. The van der Waals surface area contributed by atoms with E-state index >= 15 is 0 Å². The number of benzene rings is 1. The lowest BCUT2D eigenvalue weighted by Gasteiger charge is -2.39. The topological polar surface area (TPSA) is 62.3 Å². The normalized spacial score (nSPS) is 18.4. The van der Waals surface area contributed by atoms with E-state index in [1.807, 2.05) is 18.2 Å². The lowest BCUT2D eigenvalue weighted by molar-refractivity contribution is -0.0277. The first-order chi connectivity index (χ1) is 8.55. The molecule has 0 radical (unpaired) electrons. The molecule has 0 atom stereocenters. The van der Waals surface area contributed by atoms with Gasteiger partial charge in [-0.1, -0.05) is 6.07 Å². The summed E-state index contributed by atoms with van der Waals surface area (Å²) in [5, 5.41) is 9.25. The lowest BCUT2D eigenvalue weighted by Crippen LogP contribution is -2.48. The molecule has 1 heterocycles. The summed E-state index contributed by atoms with van der Waals surface area (Å²) in [6.45, 7) is 6.91. The minimum Gasteiger partial charge on any atom is -0.372 e. The molecule has 0 spiro atoms. The van der Waals surface area contributed by atoms with Crippen molar-refractivity contribution < 1.29 is 4.74 Å². The van der Waals surface area contributed by atoms with E-state index in [0.29, 0.717) is 18.7 Å². The van der Waals surface area contributed by atoms with Gasteiger partial charge in [-0.25, -0.2) is 0 Å². The third kappa shape index (κ3) is 2.63. The van der Waals surface area contributed by atoms with E-state index in [0.717, 1.165) is 24.3 Å². The molecule has 0 amide bonds. The second-order valence-electron chi connectivity index (χ2n) is 5.20. The van der Waals surface area contributed by atoms with Crippen molar-refractivity contribution in [3.05, 3.63) is 29.3 Å². The Hall–Kier alpha value is -1.57. The van der Waals surface area contributed by atoms with Crippen molar-refractivity contribution in [1.29, 1.82) is 5.26 Å². The Kier molecular flexibility index (Phi) is 3.55. The van der Waals surface area contributed by atoms with Gasteiger partial charge in [-0.2, -0.15) is 5.26 Å². The Morgan fingerprint density at radius 2 is 2.28 bits per heavy atom. The minimum atomic E-state index is -0.169. The molecule has 4 nitrogen and oxygen atoms in total. The summed E-state index contributed by atoms with van der Waals surface area (Å²) in [6, 6.07) is 8.10. The Morgan fingerprint density at radius 3 is 2.89 bits per heavy atom. The minimum absolute atomic E-state index is 0.169. The molecule has 0 saturated carbocycles. The van der Waals surface area contributed by atoms with Crippen molar-refractivity contribution >= 4 is 5.69 Å². The number of nitrogens with two attached hydrogens (primary N) is 1. The molecule has 1 aliphatic heterocycles. The maximum absolute atomic E-state index is 9.25. The molecule has 1 aromatic rings. The van der Waals surface area contributed by atoms with Crippen LogP contribution in [-0.2, 0) is 11.3 Å². The molecule has 1 aliphatic rings. The van der Waals surface area contributed by atoms with Crippen molar-refractivity contribution in [2.75, 3.05) is 24.6 Å². The van der Waals surface area contributed by atoms with Crippen LogP contribution in [0.25, 0.3) is 0 Å². The molecule has 0 aromatic heterocycles. The summed E-state index contributed by atoms with van der Waals surface area (Å²) in [5.41, 5.74) is 8.09. The number of hydrogen-bond donors (Lipinski definition) is 1. The van der Waals surface area contributed by atoms with E-state index in [1.165, 1.54) is 0 Å². The molecule has 96 valence electrons. The van der Waals surface area contributed by atoms with E-state index in [2.05, 4.69) is 24.8 Å². The molecule has 2 rings (SSSR count). The highest BCUT2D eigenvalue weighted by atomic mass is 16.5. The summed E-state index contributed by atoms with van der Waals surface area (Å²) in [6.07, 6.45) is 0. The van der Waals surface area contributed by atoms with Crippen LogP contribution < -0.4 is 10.6 Å². The van der Waals surface area contributed by atoms with E-state index in [9.17, 15) is 5.26 Å². The fourth-order valence-corrected chi connectivity index (χ4v) is 2.30. The molecule has 4 heteroatoms. The predicted molar refractivity (Wildman–Crippen MR) is 71.3 cm³/mol. The van der Waals surface area contributed by atoms with Crippen molar-refractivity contribution in [1.82, 2.24) is 0 Å². The number of nitrogens with zero attached hydrogens (tertiary/aromatic N) is 2. The van der Waals surface area contributed by atoms with Crippen molar-refractivity contribution in [3.63, 3.8) is 0 Å². The Balaban J connectivity index is 2.30. The maximum atomic E-state index is 9.25. The summed E-state index contributed by atoms with van der Waals surface area (Å²) in [7, 11) is 0. The second-order valence-corrected chi connectivity index (χ2v) is 5.20. The van der Waals surface area contributed by atoms with Gasteiger partial charge in [0.05, 0.1) is 23.5 Å². The molecule has 0 unspecified atom stereocenters. The van der Waals surface area contributed by atoms with Crippen LogP contribution in [0.5, 0.6) is 0 Å². The summed E-state index contributed by atoms with van der Waals surface area (Å²) < 4.78 is 5.69. The zero-order valence-electron chi connectivity index (χ0n) is 10.9. The predicted octanol–water partition coefficient (Wildman–Crippen LogP) is 1.63. The van der Waals surface area contributed by atoms with Crippen LogP contribution in [0.15, 0.2) is 18.2 Å².